The van der Waals surface area contributed by atoms with Crippen molar-refractivity contribution in [2.75, 3.05) is 29.9 Å². The van der Waals surface area contributed by atoms with Gasteiger partial charge in [-0.2, -0.15) is 0 Å². The average molecular weight is 348 g/mol. The molecule has 0 saturated carbocycles. The van der Waals surface area contributed by atoms with Crippen LogP contribution in [0.5, 0.6) is 5.75 Å². The van der Waals surface area contributed by atoms with Crippen LogP contribution >= 0.6 is 0 Å². The number of nitrogens with zero attached hydrogens (tertiary/aromatic N) is 1. The number of hydrogen-bond donors (Lipinski definition) is 1. The third kappa shape index (κ3) is 4.92. The number of ether oxygens (including phenoxy) is 1. The van der Waals surface area contributed by atoms with E-state index in [2.05, 4.69) is 24.1 Å². The Labute approximate surface area is 146 Å². The van der Waals surface area contributed by atoms with Gasteiger partial charge in [0.1, 0.15) is 5.75 Å². The van der Waals surface area contributed by atoms with Crippen LogP contribution < -0.4 is 15.0 Å². The molecule has 0 spiro atoms. The van der Waals surface area contributed by atoms with Crippen LogP contribution in [0.3, 0.4) is 0 Å². The summed E-state index contributed by atoms with van der Waals surface area (Å²) in [6, 6.07) is 8.95. The van der Waals surface area contributed by atoms with Gasteiger partial charge in [-0.15, -0.1) is 0 Å². The fraction of sp³-hybridized carbons (Fsp3) is 0.316. The van der Waals surface area contributed by atoms with Gasteiger partial charge in [-0.1, -0.05) is 0 Å². The van der Waals surface area contributed by atoms with Gasteiger partial charge in [-0.25, -0.2) is 8.78 Å². The predicted molar refractivity (Wildman–Crippen MR) is 95.2 cm³/mol. The second-order valence-electron chi connectivity index (χ2n) is 5.58. The molecule has 6 heteroatoms. The number of carbonyl (C=O) groups is 1. The summed E-state index contributed by atoms with van der Waals surface area (Å²) in [5, 5.41) is 2.76. The van der Waals surface area contributed by atoms with E-state index >= 15 is 0 Å². The molecule has 1 N–H and O–H groups in total. The number of benzene rings is 2. The van der Waals surface area contributed by atoms with Crippen molar-refractivity contribution >= 4 is 17.3 Å². The van der Waals surface area contributed by atoms with Gasteiger partial charge in [0.15, 0.2) is 18.2 Å². The Morgan fingerprint density at radius 3 is 2.40 bits per heavy atom. The molecule has 0 heterocycles. The van der Waals surface area contributed by atoms with Crippen LogP contribution in [0, 0.1) is 18.6 Å². The van der Waals surface area contributed by atoms with Crippen molar-refractivity contribution in [1.29, 1.82) is 0 Å². The molecule has 0 unspecified atom stereocenters. The molecule has 25 heavy (non-hydrogen) atoms. The van der Waals surface area contributed by atoms with Gasteiger partial charge in [0.05, 0.1) is 0 Å². The molecule has 2 rings (SSSR count). The number of anilines is 2. The van der Waals surface area contributed by atoms with Crippen LogP contribution in [0.15, 0.2) is 36.4 Å². The zero-order valence-corrected chi connectivity index (χ0v) is 14.6. The molecular formula is C19H22F2N2O2. The monoisotopic (exact) mass is 348 g/mol. The molecular weight excluding hydrogens is 326 g/mol. The Morgan fingerprint density at radius 2 is 1.80 bits per heavy atom. The highest BCUT2D eigenvalue weighted by atomic mass is 19.2. The van der Waals surface area contributed by atoms with Crippen LogP contribution in [-0.2, 0) is 4.79 Å². The van der Waals surface area contributed by atoms with E-state index < -0.39 is 11.6 Å². The summed E-state index contributed by atoms with van der Waals surface area (Å²) in [6.45, 7) is 7.61. The van der Waals surface area contributed by atoms with Crippen molar-refractivity contribution in [3.8, 4) is 5.75 Å². The number of hydrogen-bond acceptors (Lipinski definition) is 3. The fourth-order valence-electron chi connectivity index (χ4n) is 2.48. The minimum Gasteiger partial charge on any atom is -0.484 e. The minimum absolute atomic E-state index is 0.0997. The molecule has 0 aromatic heterocycles. The lowest BCUT2D eigenvalue weighted by molar-refractivity contribution is -0.118. The maximum absolute atomic E-state index is 13.1. The maximum Gasteiger partial charge on any atom is 0.262 e. The lowest BCUT2D eigenvalue weighted by Crippen LogP contribution is -2.23. The van der Waals surface area contributed by atoms with Crippen molar-refractivity contribution in [2.24, 2.45) is 0 Å². The van der Waals surface area contributed by atoms with Crippen LogP contribution in [-0.4, -0.2) is 25.6 Å². The third-order valence-electron chi connectivity index (χ3n) is 3.87. The summed E-state index contributed by atoms with van der Waals surface area (Å²) in [6.07, 6.45) is 0. The first-order valence-corrected chi connectivity index (χ1v) is 8.17. The van der Waals surface area contributed by atoms with Gasteiger partial charge in [-0.3, -0.25) is 4.79 Å². The molecule has 0 radical (unpaired) electrons. The highest BCUT2D eigenvalue weighted by molar-refractivity contribution is 5.92. The molecule has 0 aliphatic rings. The van der Waals surface area contributed by atoms with E-state index in [9.17, 15) is 13.6 Å². The molecule has 1 amide bonds. The molecule has 0 fully saturated rings. The number of carbonyl (C=O) groups excluding carboxylic acids is 1. The summed E-state index contributed by atoms with van der Waals surface area (Å²) in [5.41, 5.74) is 2.72. The van der Waals surface area contributed by atoms with Crippen molar-refractivity contribution in [3.05, 3.63) is 53.6 Å². The van der Waals surface area contributed by atoms with E-state index in [1.807, 2.05) is 25.1 Å². The Morgan fingerprint density at radius 1 is 1.08 bits per heavy atom. The van der Waals surface area contributed by atoms with Crippen molar-refractivity contribution in [1.82, 2.24) is 0 Å². The number of rotatable bonds is 7. The highest BCUT2D eigenvalue weighted by Crippen LogP contribution is 2.23. The SMILES string of the molecule is CCN(CC)c1ccc(NC(=O)COc2ccc(F)c(F)c2)c(C)c1. The number of nitrogens with one attached hydrogen (secondary N) is 1. The quantitative estimate of drug-likeness (QED) is 0.818. The Kier molecular flexibility index (Phi) is 6.33. The summed E-state index contributed by atoms with van der Waals surface area (Å²) < 4.78 is 31.1. The number of halogens is 2. The Hall–Kier alpha value is -2.63. The highest BCUT2D eigenvalue weighted by Gasteiger charge is 2.09. The van der Waals surface area contributed by atoms with Crippen LogP contribution in [0.2, 0.25) is 0 Å². The van der Waals surface area contributed by atoms with E-state index in [4.69, 9.17) is 4.74 Å². The molecule has 0 atom stereocenters. The normalized spacial score (nSPS) is 10.4. The van der Waals surface area contributed by atoms with E-state index in [1.165, 1.54) is 6.07 Å². The zero-order chi connectivity index (χ0) is 18.4. The molecule has 134 valence electrons. The second-order valence-corrected chi connectivity index (χ2v) is 5.58. The number of aryl methyl sites for hydroxylation is 1. The van der Waals surface area contributed by atoms with Gasteiger partial charge in [0.2, 0.25) is 0 Å². The number of amides is 1. The topological polar surface area (TPSA) is 41.6 Å². The molecule has 4 nitrogen and oxygen atoms in total. The van der Waals surface area contributed by atoms with Crippen LogP contribution in [0.4, 0.5) is 20.2 Å². The molecule has 0 aliphatic heterocycles. The van der Waals surface area contributed by atoms with Gasteiger partial charge in [-0.05, 0) is 56.7 Å². The minimum atomic E-state index is -1.01. The standard InChI is InChI=1S/C19H22F2N2O2/c1-4-23(5-2)14-6-9-18(13(3)10-14)22-19(24)12-25-15-7-8-16(20)17(21)11-15/h6-11H,4-5,12H2,1-3H3,(H,22,24). The third-order valence-corrected chi connectivity index (χ3v) is 3.87. The molecule has 0 saturated heterocycles. The molecule has 0 bridgehead atoms. The van der Waals surface area contributed by atoms with E-state index in [0.29, 0.717) is 5.69 Å². The molecule has 2 aromatic carbocycles. The van der Waals surface area contributed by atoms with Crippen molar-refractivity contribution in [2.45, 2.75) is 20.8 Å². The Balaban J connectivity index is 1.97. The van der Waals surface area contributed by atoms with E-state index in [0.717, 1.165) is 36.5 Å². The van der Waals surface area contributed by atoms with Crippen molar-refractivity contribution in [3.63, 3.8) is 0 Å². The van der Waals surface area contributed by atoms with E-state index in [-0.39, 0.29) is 18.3 Å². The summed E-state index contributed by atoms with van der Waals surface area (Å²) in [7, 11) is 0. The lowest BCUT2D eigenvalue weighted by atomic mass is 10.1. The Bertz CT molecular complexity index is 746. The molecule has 2 aromatic rings. The first kappa shape index (κ1) is 18.7. The van der Waals surface area contributed by atoms with E-state index in [1.54, 1.807) is 0 Å². The molecule has 0 aliphatic carbocycles. The first-order chi connectivity index (χ1) is 11.9. The van der Waals surface area contributed by atoms with Crippen LogP contribution in [0.1, 0.15) is 19.4 Å². The summed E-state index contributed by atoms with van der Waals surface area (Å²) >= 11 is 0. The van der Waals surface area contributed by atoms with Gasteiger partial charge in [0, 0.05) is 30.5 Å². The van der Waals surface area contributed by atoms with Crippen molar-refractivity contribution < 1.29 is 18.3 Å². The van der Waals surface area contributed by atoms with Gasteiger partial charge >= 0.3 is 0 Å². The largest absolute Gasteiger partial charge is 0.484 e. The zero-order valence-electron chi connectivity index (χ0n) is 14.6. The first-order valence-electron chi connectivity index (χ1n) is 8.17. The fourth-order valence-corrected chi connectivity index (χ4v) is 2.48. The smallest absolute Gasteiger partial charge is 0.262 e. The average Bonchev–Trinajstić information content (AvgIpc) is 2.59. The summed E-state index contributed by atoms with van der Waals surface area (Å²) in [4.78, 5) is 14.2. The maximum atomic E-state index is 13.1. The predicted octanol–water partition coefficient (Wildman–Crippen LogP) is 4.14. The lowest BCUT2D eigenvalue weighted by Gasteiger charge is -2.22. The van der Waals surface area contributed by atoms with Gasteiger partial charge in [0.25, 0.3) is 5.91 Å². The summed E-state index contributed by atoms with van der Waals surface area (Å²) in [5.74, 6) is -2.24. The van der Waals surface area contributed by atoms with Gasteiger partial charge < -0.3 is 15.0 Å². The van der Waals surface area contributed by atoms with Crippen LogP contribution in [0.25, 0.3) is 0 Å². The second kappa shape index (κ2) is 8.46.